The quantitative estimate of drug-likeness (QED) is 0.613. The minimum absolute atomic E-state index is 0.00994. The van der Waals surface area contributed by atoms with Crippen LogP contribution in [0.25, 0.3) is 5.69 Å². The molecule has 158 valence electrons. The third-order valence-corrected chi connectivity index (χ3v) is 6.24. The molecule has 3 N–H and O–H groups in total. The number of benzene rings is 2. The molecule has 2 amide bonds. The van der Waals surface area contributed by atoms with E-state index in [9.17, 15) is 14.4 Å². The zero-order valence-electron chi connectivity index (χ0n) is 15.8. The number of anilines is 1. The van der Waals surface area contributed by atoms with Crippen LogP contribution in [0.5, 0.6) is 11.5 Å². The van der Waals surface area contributed by atoms with Gasteiger partial charge in [-0.2, -0.15) is 0 Å². The number of amides is 2. The van der Waals surface area contributed by atoms with Crippen LogP contribution in [0, 0.1) is 0 Å². The molecule has 1 saturated carbocycles. The summed E-state index contributed by atoms with van der Waals surface area (Å²) in [4.78, 5) is 35.9. The molecule has 1 aromatic heterocycles. The first-order valence-corrected chi connectivity index (χ1v) is 10.1. The first-order chi connectivity index (χ1) is 14.8. The second-order valence-electron chi connectivity index (χ2n) is 7.41. The van der Waals surface area contributed by atoms with Crippen LogP contribution in [0.3, 0.4) is 0 Å². The molecule has 1 spiro atoms. The summed E-state index contributed by atoms with van der Waals surface area (Å²) in [5.41, 5.74) is 6.54. The molecule has 2 heterocycles. The summed E-state index contributed by atoms with van der Waals surface area (Å²) in [5, 5.41) is 6.44. The van der Waals surface area contributed by atoms with E-state index in [0.717, 1.165) is 35.1 Å². The Labute approximate surface area is 184 Å². The second-order valence-corrected chi connectivity index (χ2v) is 8.22. The molecular weight excluding hydrogens is 447 g/mol. The van der Waals surface area contributed by atoms with E-state index >= 15 is 0 Å². The summed E-state index contributed by atoms with van der Waals surface area (Å²) >= 11 is 12.7. The number of nitrogens with two attached hydrogens (primary N) is 1. The van der Waals surface area contributed by atoms with Gasteiger partial charge in [0.05, 0.1) is 21.1 Å². The Morgan fingerprint density at radius 1 is 1.19 bits per heavy atom. The van der Waals surface area contributed by atoms with Crippen molar-refractivity contribution in [1.29, 1.82) is 0 Å². The third kappa shape index (κ3) is 2.92. The van der Waals surface area contributed by atoms with Crippen molar-refractivity contribution in [2.24, 2.45) is 5.73 Å². The van der Waals surface area contributed by atoms with Gasteiger partial charge in [0.15, 0.2) is 5.75 Å². The van der Waals surface area contributed by atoms with E-state index in [0.29, 0.717) is 5.75 Å². The minimum Gasteiger partial charge on any atom is -0.454 e. The monoisotopic (exact) mass is 460 g/mol. The average Bonchev–Trinajstić information content (AvgIpc) is 3.20. The first kappa shape index (κ1) is 19.7. The van der Waals surface area contributed by atoms with E-state index in [1.165, 1.54) is 12.1 Å². The molecule has 1 aliphatic heterocycles. The number of nitrogens with one attached hydrogen (secondary N) is 1. The Hall–Kier alpha value is -3.30. The number of hydrogen-bond donors (Lipinski definition) is 2. The summed E-state index contributed by atoms with van der Waals surface area (Å²) in [7, 11) is 0. The molecule has 3 aromatic rings. The number of ether oxygens (including phenoxy) is 1. The zero-order chi connectivity index (χ0) is 21.9. The lowest BCUT2D eigenvalue weighted by molar-refractivity contribution is -0.123. The molecule has 2 aliphatic rings. The van der Waals surface area contributed by atoms with E-state index in [1.54, 1.807) is 12.1 Å². The standard InChI is InChI=1S/C20H14Cl2N4O5/c21-12-6-9(26-17(16(23)27)25-31-19(26)29)7-13(22)15(12)30-10-2-3-14-11(8-10)20(4-1-5-20)18(28)24-14/h2-3,6-8H,1,4-5H2,(H2,23,27)(H,24,28). The van der Waals surface area contributed by atoms with Gasteiger partial charge in [-0.05, 0) is 53.9 Å². The SMILES string of the molecule is NC(=O)c1noc(=O)n1-c1cc(Cl)c(Oc2ccc3c(c2)C2(CCC2)C(=O)N3)c(Cl)c1. The predicted octanol–water partition coefficient (Wildman–Crippen LogP) is 3.40. The Morgan fingerprint density at radius 3 is 2.52 bits per heavy atom. The van der Waals surface area contributed by atoms with Gasteiger partial charge in [-0.15, -0.1) is 0 Å². The lowest BCUT2D eigenvalue weighted by Crippen LogP contribution is -2.40. The molecule has 0 unspecified atom stereocenters. The zero-order valence-corrected chi connectivity index (χ0v) is 17.3. The molecule has 0 saturated heterocycles. The third-order valence-electron chi connectivity index (χ3n) is 5.68. The molecule has 0 radical (unpaired) electrons. The average molecular weight is 461 g/mol. The van der Waals surface area contributed by atoms with Crippen molar-refractivity contribution >= 4 is 40.7 Å². The van der Waals surface area contributed by atoms with E-state index in [-0.39, 0.29) is 27.4 Å². The fraction of sp³-hybridized carbons (Fsp3) is 0.200. The van der Waals surface area contributed by atoms with Gasteiger partial charge < -0.3 is 15.8 Å². The number of primary amides is 1. The normalized spacial score (nSPS) is 16.0. The first-order valence-electron chi connectivity index (χ1n) is 9.32. The van der Waals surface area contributed by atoms with Crippen molar-refractivity contribution in [2.75, 3.05) is 5.32 Å². The van der Waals surface area contributed by atoms with Gasteiger partial charge in [-0.1, -0.05) is 29.6 Å². The van der Waals surface area contributed by atoms with E-state index < -0.39 is 22.9 Å². The summed E-state index contributed by atoms with van der Waals surface area (Å²) in [6.45, 7) is 0. The number of nitrogens with zero attached hydrogens (tertiary/aromatic N) is 2. The van der Waals surface area contributed by atoms with Crippen LogP contribution >= 0.6 is 23.2 Å². The van der Waals surface area contributed by atoms with Gasteiger partial charge >= 0.3 is 5.76 Å². The van der Waals surface area contributed by atoms with Crippen molar-refractivity contribution in [2.45, 2.75) is 24.7 Å². The highest BCUT2D eigenvalue weighted by Crippen LogP contribution is 2.52. The predicted molar refractivity (Wildman–Crippen MR) is 111 cm³/mol. The fourth-order valence-corrected chi connectivity index (χ4v) is 4.56. The molecule has 2 aromatic carbocycles. The van der Waals surface area contributed by atoms with Crippen molar-refractivity contribution in [1.82, 2.24) is 9.72 Å². The number of halogens is 2. The van der Waals surface area contributed by atoms with Crippen LogP contribution in [0.4, 0.5) is 5.69 Å². The van der Waals surface area contributed by atoms with Gasteiger partial charge in [0.25, 0.3) is 5.91 Å². The maximum Gasteiger partial charge on any atom is 0.446 e. The van der Waals surface area contributed by atoms with Crippen molar-refractivity contribution in [3.63, 3.8) is 0 Å². The Kier molecular flexibility index (Phi) is 4.35. The largest absolute Gasteiger partial charge is 0.454 e. The molecular formula is C20H14Cl2N4O5. The van der Waals surface area contributed by atoms with Crippen molar-refractivity contribution < 1.29 is 18.8 Å². The maximum absolute atomic E-state index is 12.4. The summed E-state index contributed by atoms with van der Waals surface area (Å²) in [6.07, 6.45) is 2.58. The molecule has 11 heteroatoms. The van der Waals surface area contributed by atoms with E-state index in [2.05, 4.69) is 15.0 Å². The van der Waals surface area contributed by atoms with Crippen LogP contribution in [0.15, 0.2) is 39.6 Å². The molecule has 1 fully saturated rings. The number of hydrogen-bond acceptors (Lipinski definition) is 6. The van der Waals surface area contributed by atoms with Crippen LogP contribution in [0.2, 0.25) is 10.0 Å². The molecule has 1 aliphatic carbocycles. The topological polar surface area (TPSA) is 129 Å². The van der Waals surface area contributed by atoms with Crippen LogP contribution in [-0.4, -0.2) is 21.5 Å². The molecule has 31 heavy (non-hydrogen) atoms. The highest BCUT2D eigenvalue weighted by atomic mass is 35.5. The smallest absolute Gasteiger partial charge is 0.446 e. The van der Waals surface area contributed by atoms with Gasteiger partial charge in [-0.25, -0.2) is 9.36 Å². The van der Waals surface area contributed by atoms with E-state index in [4.69, 9.17) is 33.7 Å². The van der Waals surface area contributed by atoms with Crippen LogP contribution < -0.4 is 21.5 Å². The van der Waals surface area contributed by atoms with Crippen molar-refractivity contribution in [3.05, 3.63) is 62.3 Å². The molecule has 0 atom stereocenters. The molecule has 9 nitrogen and oxygen atoms in total. The summed E-state index contributed by atoms with van der Waals surface area (Å²) in [5.74, 6) is -1.65. The Bertz CT molecular complexity index is 1300. The van der Waals surface area contributed by atoms with Gasteiger partial charge in [0, 0.05) is 5.69 Å². The summed E-state index contributed by atoms with van der Waals surface area (Å²) < 4.78 is 11.3. The number of aromatic nitrogens is 2. The van der Waals surface area contributed by atoms with Crippen molar-refractivity contribution in [3.8, 4) is 17.2 Å². The highest BCUT2D eigenvalue weighted by molar-refractivity contribution is 6.37. The lowest BCUT2D eigenvalue weighted by Gasteiger charge is -2.36. The van der Waals surface area contributed by atoms with Crippen LogP contribution in [0.1, 0.15) is 35.4 Å². The lowest BCUT2D eigenvalue weighted by atomic mass is 9.65. The number of fused-ring (bicyclic) bond motifs is 2. The van der Waals surface area contributed by atoms with Crippen LogP contribution in [-0.2, 0) is 10.2 Å². The summed E-state index contributed by atoms with van der Waals surface area (Å²) in [6, 6.07) is 8.04. The molecule has 5 rings (SSSR count). The van der Waals surface area contributed by atoms with E-state index in [1.807, 2.05) is 6.07 Å². The Balaban J connectivity index is 1.51. The fourth-order valence-electron chi connectivity index (χ4n) is 4.01. The number of carbonyl (C=O) groups excluding carboxylic acids is 2. The van der Waals surface area contributed by atoms with Gasteiger partial charge in [0.1, 0.15) is 5.75 Å². The second kappa shape index (κ2) is 6.86. The number of rotatable bonds is 4. The van der Waals surface area contributed by atoms with Gasteiger partial charge in [0.2, 0.25) is 11.7 Å². The number of carbonyl (C=O) groups is 2. The molecule has 0 bridgehead atoms. The minimum atomic E-state index is -0.954. The van der Waals surface area contributed by atoms with Gasteiger partial charge in [-0.3, -0.25) is 14.1 Å². The highest BCUT2D eigenvalue weighted by Gasteiger charge is 2.51. The maximum atomic E-state index is 12.4. The Morgan fingerprint density at radius 2 is 1.90 bits per heavy atom.